The van der Waals surface area contributed by atoms with Crippen molar-refractivity contribution in [1.82, 2.24) is 5.32 Å². The first-order valence-electron chi connectivity index (χ1n) is 9.15. The molecule has 1 aliphatic rings. The normalized spacial score (nSPS) is 13.7. The van der Waals surface area contributed by atoms with Crippen LogP contribution >= 0.6 is 12.4 Å². The highest BCUT2D eigenvalue weighted by molar-refractivity contribution is 5.85. The quantitative estimate of drug-likeness (QED) is 0.464. The first-order valence-corrected chi connectivity index (χ1v) is 9.15. The Balaban J connectivity index is 0.00000243. The molecule has 0 saturated carbocycles. The van der Waals surface area contributed by atoms with Crippen LogP contribution in [0.2, 0.25) is 0 Å². The van der Waals surface area contributed by atoms with Gasteiger partial charge in [-0.05, 0) is 62.4 Å². The molecule has 1 N–H and O–H groups in total. The zero-order valence-electron chi connectivity index (χ0n) is 15.0. The van der Waals surface area contributed by atoms with Gasteiger partial charge in [0.25, 0.3) is 0 Å². The summed E-state index contributed by atoms with van der Waals surface area (Å²) >= 11 is 0. The van der Waals surface area contributed by atoms with Gasteiger partial charge < -0.3 is 10.1 Å². The molecule has 2 aromatic rings. The smallest absolute Gasteiger partial charge is 0.124 e. The molecule has 0 fully saturated rings. The summed E-state index contributed by atoms with van der Waals surface area (Å²) in [7, 11) is 0. The molecule has 4 heteroatoms. The van der Waals surface area contributed by atoms with Crippen LogP contribution < -0.4 is 10.1 Å². The highest BCUT2D eigenvalue weighted by atomic mass is 35.5. The van der Waals surface area contributed by atoms with Gasteiger partial charge in [-0.3, -0.25) is 0 Å². The van der Waals surface area contributed by atoms with Crippen LogP contribution in [0.15, 0.2) is 60.2 Å². The van der Waals surface area contributed by atoms with Crippen LogP contribution in [0, 0.1) is 5.82 Å². The number of rotatable bonds is 8. The zero-order valence-corrected chi connectivity index (χ0v) is 15.9. The maximum Gasteiger partial charge on any atom is 0.124 e. The van der Waals surface area contributed by atoms with Gasteiger partial charge in [-0.15, -0.1) is 12.4 Å². The minimum absolute atomic E-state index is 0. The molecule has 1 aliphatic carbocycles. The number of halogens is 2. The van der Waals surface area contributed by atoms with Crippen LogP contribution in [0.1, 0.15) is 43.2 Å². The van der Waals surface area contributed by atoms with E-state index in [9.17, 15) is 4.39 Å². The highest BCUT2D eigenvalue weighted by Crippen LogP contribution is 2.21. The van der Waals surface area contributed by atoms with Gasteiger partial charge in [0, 0.05) is 12.1 Å². The van der Waals surface area contributed by atoms with Crippen molar-refractivity contribution in [3.05, 3.63) is 77.1 Å². The first-order chi connectivity index (χ1) is 12.3. The number of hydrogen-bond donors (Lipinski definition) is 1. The summed E-state index contributed by atoms with van der Waals surface area (Å²) in [6.45, 7) is 2.25. The van der Waals surface area contributed by atoms with E-state index in [2.05, 4.69) is 17.5 Å². The fraction of sp³-hybridized carbons (Fsp3) is 0.364. The van der Waals surface area contributed by atoms with Crippen molar-refractivity contribution in [2.45, 2.75) is 45.3 Å². The van der Waals surface area contributed by atoms with Gasteiger partial charge >= 0.3 is 0 Å². The number of para-hydroxylation sites is 1. The first kappa shape index (κ1) is 20.5. The van der Waals surface area contributed by atoms with E-state index in [-0.39, 0.29) is 18.2 Å². The lowest BCUT2D eigenvalue weighted by Crippen LogP contribution is -2.16. The van der Waals surface area contributed by atoms with Crippen LogP contribution in [0.4, 0.5) is 4.39 Å². The summed E-state index contributed by atoms with van der Waals surface area (Å²) in [6, 6.07) is 14.5. The predicted molar refractivity (Wildman–Crippen MR) is 107 cm³/mol. The van der Waals surface area contributed by atoms with Crippen molar-refractivity contribution in [3.8, 4) is 5.75 Å². The molecule has 2 nitrogen and oxygen atoms in total. The van der Waals surface area contributed by atoms with E-state index in [0.717, 1.165) is 36.4 Å². The van der Waals surface area contributed by atoms with Crippen molar-refractivity contribution in [2.75, 3.05) is 6.54 Å². The van der Waals surface area contributed by atoms with Gasteiger partial charge in [0.2, 0.25) is 0 Å². The molecule has 3 rings (SSSR count). The number of hydrogen-bond acceptors (Lipinski definition) is 2. The Kier molecular flexibility index (Phi) is 8.66. The zero-order chi connectivity index (χ0) is 17.3. The van der Waals surface area contributed by atoms with Crippen LogP contribution in [0.5, 0.6) is 5.75 Å². The second-order valence-corrected chi connectivity index (χ2v) is 6.56. The molecule has 140 valence electrons. The molecule has 0 spiro atoms. The Labute approximate surface area is 161 Å². The van der Waals surface area contributed by atoms with Gasteiger partial charge in [0.1, 0.15) is 18.2 Å². The second kappa shape index (κ2) is 11.0. The molecule has 0 unspecified atom stereocenters. The summed E-state index contributed by atoms with van der Waals surface area (Å²) in [4.78, 5) is 0. The van der Waals surface area contributed by atoms with Crippen LogP contribution in [0.25, 0.3) is 0 Å². The number of benzene rings is 2. The van der Waals surface area contributed by atoms with Crippen LogP contribution in [-0.4, -0.2) is 6.54 Å². The van der Waals surface area contributed by atoms with Crippen molar-refractivity contribution in [3.63, 3.8) is 0 Å². The number of ether oxygens (including phenoxy) is 1. The van der Waals surface area contributed by atoms with Crippen molar-refractivity contribution < 1.29 is 9.13 Å². The van der Waals surface area contributed by atoms with Crippen LogP contribution in [0.3, 0.4) is 0 Å². The van der Waals surface area contributed by atoms with E-state index < -0.39 is 0 Å². The summed E-state index contributed by atoms with van der Waals surface area (Å²) in [5, 5.41) is 3.52. The van der Waals surface area contributed by atoms with Gasteiger partial charge in [-0.1, -0.05) is 42.0 Å². The topological polar surface area (TPSA) is 21.3 Å². The molecular weight excluding hydrogens is 349 g/mol. The molecule has 0 radical (unpaired) electrons. The molecule has 0 heterocycles. The highest BCUT2D eigenvalue weighted by Gasteiger charge is 2.05. The van der Waals surface area contributed by atoms with E-state index in [1.807, 2.05) is 18.2 Å². The molecule has 26 heavy (non-hydrogen) atoms. The molecule has 0 bridgehead atoms. The molecule has 0 amide bonds. The number of allylic oxidation sites excluding steroid dienone is 1. The maximum atomic E-state index is 13.0. The number of nitrogens with one attached hydrogen (secondary N) is 1. The SMILES string of the molecule is Cl.Fc1ccc(COc2ccccc2CNCCC2=CCCCC2)cc1. The van der Waals surface area contributed by atoms with E-state index >= 15 is 0 Å². The van der Waals surface area contributed by atoms with Gasteiger partial charge in [-0.2, -0.15) is 0 Å². The molecule has 0 atom stereocenters. The van der Waals surface area contributed by atoms with E-state index in [4.69, 9.17) is 4.74 Å². The fourth-order valence-corrected chi connectivity index (χ4v) is 3.14. The lowest BCUT2D eigenvalue weighted by molar-refractivity contribution is 0.302. The van der Waals surface area contributed by atoms with Crippen LogP contribution in [-0.2, 0) is 13.2 Å². The minimum Gasteiger partial charge on any atom is -0.489 e. The summed E-state index contributed by atoms with van der Waals surface area (Å²) < 4.78 is 18.9. The maximum absolute atomic E-state index is 13.0. The third-order valence-corrected chi connectivity index (χ3v) is 4.60. The molecule has 0 aromatic heterocycles. The Bertz CT molecular complexity index is 700. The molecule has 0 saturated heterocycles. The summed E-state index contributed by atoms with van der Waals surface area (Å²) in [5.74, 6) is 0.664. The van der Waals surface area contributed by atoms with E-state index in [0.29, 0.717) is 6.61 Å². The predicted octanol–water partition coefficient (Wildman–Crippen LogP) is 5.81. The lowest BCUT2D eigenvalue weighted by atomic mass is 9.97. The average Bonchev–Trinajstić information content (AvgIpc) is 2.66. The fourth-order valence-electron chi connectivity index (χ4n) is 3.14. The van der Waals surface area contributed by atoms with Crippen molar-refractivity contribution in [1.29, 1.82) is 0 Å². The van der Waals surface area contributed by atoms with Crippen molar-refractivity contribution >= 4 is 12.4 Å². The third kappa shape index (κ3) is 6.47. The average molecular weight is 376 g/mol. The van der Waals surface area contributed by atoms with Crippen molar-refractivity contribution in [2.24, 2.45) is 0 Å². The lowest BCUT2D eigenvalue weighted by Gasteiger charge is -2.14. The largest absolute Gasteiger partial charge is 0.489 e. The van der Waals surface area contributed by atoms with Gasteiger partial charge in [0.15, 0.2) is 0 Å². The Hall–Kier alpha value is -1.84. The van der Waals surface area contributed by atoms with E-state index in [1.54, 1.807) is 17.7 Å². The Morgan fingerprint density at radius 2 is 1.81 bits per heavy atom. The Morgan fingerprint density at radius 1 is 1.00 bits per heavy atom. The molecule has 2 aromatic carbocycles. The monoisotopic (exact) mass is 375 g/mol. The molecular formula is C22H27ClFNO. The summed E-state index contributed by atoms with van der Waals surface area (Å²) in [5.41, 5.74) is 3.72. The Morgan fingerprint density at radius 3 is 2.58 bits per heavy atom. The second-order valence-electron chi connectivity index (χ2n) is 6.56. The van der Waals surface area contributed by atoms with E-state index in [1.165, 1.54) is 37.8 Å². The van der Waals surface area contributed by atoms with Gasteiger partial charge in [-0.25, -0.2) is 4.39 Å². The standard InChI is InChI=1S/C22H26FNO.ClH/c23-21-12-10-19(11-13-21)17-25-22-9-5-4-8-20(22)16-24-15-14-18-6-2-1-3-7-18;/h4-6,8-13,24H,1-3,7,14-17H2;1H. The molecule has 0 aliphatic heterocycles. The summed E-state index contributed by atoms with van der Waals surface area (Å²) in [6.07, 6.45) is 8.74. The third-order valence-electron chi connectivity index (χ3n) is 4.60. The van der Waals surface area contributed by atoms with Gasteiger partial charge in [0.05, 0.1) is 0 Å². The minimum atomic E-state index is -0.221.